The Kier molecular flexibility index (Phi) is 2.58. The molecule has 2 aliphatic rings. The Labute approximate surface area is 86.1 Å². The van der Waals surface area contributed by atoms with E-state index in [0.29, 0.717) is 12.5 Å². The van der Waals surface area contributed by atoms with E-state index in [1.807, 2.05) is 0 Å². The average molecular weight is 198 g/mol. The molecule has 0 aromatic carbocycles. The fourth-order valence-electron chi connectivity index (χ4n) is 3.53. The van der Waals surface area contributed by atoms with E-state index < -0.39 is 5.60 Å². The second-order valence-electron chi connectivity index (χ2n) is 5.11. The van der Waals surface area contributed by atoms with Crippen LogP contribution < -0.4 is 11.1 Å². The van der Waals surface area contributed by atoms with Crippen molar-refractivity contribution in [3.05, 3.63) is 0 Å². The lowest BCUT2D eigenvalue weighted by Crippen LogP contribution is -2.55. The van der Waals surface area contributed by atoms with Crippen molar-refractivity contribution in [1.29, 1.82) is 0 Å². The molecule has 4 N–H and O–H groups in total. The largest absolute Gasteiger partial charge is 0.388 e. The van der Waals surface area contributed by atoms with Gasteiger partial charge in [0.25, 0.3) is 0 Å². The highest BCUT2D eigenvalue weighted by atomic mass is 16.3. The highest BCUT2D eigenvalue weighted by Crippen LogP contribution is 2.51. The van der Waals surface area contributed by atoms with Crippen LogP contribution in [0.5, 0.6) is 0 Å². The molecule has 0 spiro atoms. The van der Waals surface area contributed by atoms with Gasteiger partial charge >= 0.3 is 0 Å². The van der Waals surface area contributed by atoms with Gasteiger partial charge in [0.2, 0.25) is 0 Å². The van der Waals surface area contributed by atoms with Crippen molar-refractivity contribution < 1.29 is 5.11 Å². The average Bonchev–Trinajstić information content (AvgIpc) is 2.74. The first-order valence-corrected chi connectivity index (χ1v) is 5.78. The van der Waals surface area contributed by atoms with Gasteiger partial charge in [0.05, 0.1) is 5.60 Å². The highest BCUT2D eigenvalue weighted by Gasteiger charge is 2.55. The minimum atomic E-state index is -0.544. The van der Waals surface area contributed by atoms with Crippen LogP contribution in [0.25, 0.3) is 0 Å². The van der Waals surface area contributed by atoms with Crippen molar-refractivity contribution in [1.82, 2.24) is 5.32 Å². The van der Waals surface area contributed by atoms with Crippen molar-refractivity contribution in [2.24, 2.45) is 17.1 Å². The Hall–Kier alpha value is -0.120. The molecular weight excluding hydrogens is 176 g/mol. The van der Waals surface area contributed by atoms with E-state index in [1.165, 1.54) is 12.8 Å². The predicted octanol–water partition coefficient (Wildman–Crippen LogP) is 0.476. The normalized spacial score (nSPS) is 48.6. The van der Waals surface area contributed by atoms with Crippen molar-refractivity contribution in [2.45, 2.75) is 38.2 Å². The minimum Gasteiger partial charge on any atom is -0.388 e. The van der Waals surface area contributed by atoms with Crippen LogP contribution in [0.1, 0.15) is 32.6 Å². The molecule has 1 aliphatic carbocycles. The maximum Gasteiger partial charge on any atom is 0.0854 e. The molecule has 1 aliphatic heterocycles. The standard InChI is InChI=1S/C11H22N2O/c1-9-3-2-4-10(9,7-12)11(14)5-6-13-8-11/h9,13-14H,2-8,12H2,1H3. The fraction of sp³-hybridized carbons (Fsp3) is 1.00. The Balaban J connectivity index is 2.26. The van der Waals surface area contributed by atoms with Crippen LogP contribution in [0.4, 0.5) is 0 Å². The van der Waals surface area contributed by atoms with E-state index in [9.17, 15) is 5.11 Å². The van der Waals surface area contributed by atoms with Gasteiger partial charge in [-0.05, 0) is 25.3 Å². The van der Waals surface area contributed by atoms with Gasteiger partial charge in [-0.2, -0.15) is 0 Å². The summed E-state index contributed by atoms with van der Waals surface area (Å²) in [5.74, 6) is 0.567. The Morgan fingerprint density at radius 1 is 1.50 bits per heavy atom. The monoisotopic (exact) mass is 198 g/mol. The van der Waals surface area contributed by atoms with E-state index in [-0.39, 0.29) is 5.41 Å². The molecule has 0 aromatic heterocycles. The van der Waals surface area contributed by atoms with Crippen LogP contribution in [0.15, 0.2) is 0 Å². The molecule has 2 fully saturated rings. The lowest BCUT2D eigenvalue weighted by molar-refractivity contribution is -0.0826. The molecule has 1 saturated heterocycles. The van der Waals surface area contributed by atoms with Crippen molar-refractivity contribution in [2.75, 3.05) is 19.6 Å². The molecule has 3 atom stereocenters. The van der Waals surface area contributed by atoms with Crippen LogP contribution >= 0.6 is 0 Å². The zero-order valence-electron chi connectivity index (χ0n) is 9.05. The van der Waals surface area contributed by atoms with Crippen molar-refractivity contribution in [3.63, 3.8) is 0 Å². The SMILES string of the molecule is CC1CCCC1(CN)C1(O)CCNC1. The number of nitrogens with one attached hydrogen (secondary N) is 1. The third-order valence-corrected chi connectivity index (χ3v) is 4.63. The molecule has 82 valence electrons. The molecule has 0 amide bonds. The first-order valence-electron chi connectivity index (χ1n) is 5.78. The highest BCUT2D eigenvalue weighted by molar-refractivity contribution is 5.08. The maximum absolute atomic E-state index is 10.7. The van der Waals surface area contributed by atoms with Crippen molar-refractivity contribution >= 4 is 0 Å². The second-order valence-corrected chi connectivity index (χ2v) is 5.11. The topological polar surface area (TPSA) is 58.3 Å². The van der Waals surface area contributed by atoms with Gasteiger partial charge in [0.15, 0.2) is 0 Å². The number of β-amino-alcohol motifs (C(OH)–C–C–N with tert-alkyl or cyclic N) is 1. The van der Waals surface area contributed by atoms with Crippen LogP contribution in [-0.2, 0) is 0 Å². The van der Waals surface area contributed by atoms with Gasteiger partial charge in [-0.25, -0.2) is 0 Å². The first-order chi connectivity index (χ1) is 6.65. The van der Waals surface area contributed by atoms with E-state index in [1.54, 1.807) is 0 Å². The van der Waals surface area contributed by atoms with Gasteiger partial charge in [0, 0.05) is 18.5 Å². The Bertz CT molecular complexity index is 213. The van der Waals surface area contributed by atoms with Gasteiger partial charge in [-0.15, -0.1) is 0 Å². The summed E-state index contributed by atoms with van der Waals surface area (Å²) < 4.78 is 0. The summed E-state index contributed by atoms with van der Waals surface area (Å²) in [5, 5.41) is 13.9. The molecular formula is C11H22N2O. The van der Waals surface area contributed by atoms with Crippen molar-refractivity contribution in [3.8, 4) is 0 Å². The number of rotatable bonds is 2. The summed E-state index contributed by atoms with van der Waals surface area (Å²) in [7, 11) is 0. The third kappa shape index (κ3) is 1.23. The van der Waals surface area contributed by atoms with E-state index >= 15 is 0 Å². The summed E-state index contributed by atoms with van der Waals surface area (Å²) in [6.07, 6.45) is 4.41. The lowest BCUT2D eigenvalue weighted by atomic mass is 9.65. The maximum atomic E-state index is 10.7. The van der Waals surface area contributed by atoms with Gasteiger partial charge in [0.1, 0.15) is 0 Å². The molecule has 1 heterocycles. The number of hydrogen-bond acceptors (Lipinski definition) is 3. The Morgan fingerprint density at radius 2 is 2.29 bits per heavy atom. The molecule has 14 heavy (non-hydrogen) atoms. The fourth-order valence-corrected chi connectivity index (χ4v) is 3.53. The minimum absolute atomic E-state index is 0.0174. The molecule has 0 bridgehead atoms. The summed E-state index contributed by atoms with van der Waals surface area (Å²) in [5.41, 5.74) is 5.38. The second kappa shape index (κ2) is 3.47. The van der Waals surface area contributed by atoms with Gasteiger partial charge in [-0.3, -0.25) is 0 Å². The summed E-state index contributed by atoms with van der Waals surface area (Å²) in [6.45, 7) is 4.54. The molecule has 3 unspecified atom stereocenters. The molecule has 1 saturated carbocycles. The summed E-state index contributed by atoms with van der Waals surface area (Å²) in [4.78, 5) is 0. The van der Waals surface area contributed by atoms with E-state index in [4.69, 9.17) is 5.73 Å². The van der Waals surface area contributed by atoms with Crippen LogP contribution in [0, 0.1) is 11.3 Å². The number of nitrogens with two attached hydrogens (primary N) is 1. The first kappa shape index (κ1) is 10.4. The summed E-state index contributed by atoms with van der Waals surface area (Å²) >= 11 is 0. The lowest BCUT2D eigenvalue weighted by Gasteiger charge is -2.45. The molecule has 3 nitrogen and oxygen atoms in total. The summed E-state index contributed by atoms with van der Waals surface area (Å²) in [6, 6.07) is 0. The van der Waals surface area contributed by atoms with Gasteiger partial charge in [-0.1, -0.05) is 19.8 Å². The zero-order chi connectivity index (χ0) is 10.2. The number of aliphatic hydroxyl groups is 1. The van der Waals surface area contributed by atoms with Gasteiger partial charge < -0.3 is 16.2 Å². The zero-order valence-corrected chi connectivity index (χ0v) is 9.05. The quantitative estimate of drug-likeness (QED) is 0.605. The predicted molar refractivity (Wildman–Crippen MR) is 56.9 cm³/mol. The molecule has 2 rings (SSSR count). The van der Waals surface area contributed by atoms with Crippen LogP contribution in [0.3, 0.4) is 0 Å². The third-order valence-electron chi connectivity index (χ3n) is 4.63. The molecule has 3 heteroatoms. The smallest absolute Gasteiger partial charge is 0.0854 e. The number of hydrogen-bond donors (Lipinski definition) is 3. The molecule has 0 aromatic rings. The molecule has 0 radical (unpaired) electrons. The Morgan fingerprint density at radius 3 is 2.71 bits per heavy atom. The van der Waals surface area contributed by atoms with E-state index in [0.717, 1.165) is 25.9 Å². The van der Waals surface area contributed by atoms with E-state index in [2.05, 4.69) is 12.2 Å². The van der Waals surface area contributed by atoms with Crippen LogP contribution in [-0.4, -0.2) is 30.3 Å². The van der Waals surface area contributed by atoms with Crippen LogP contribution in [0.2, 0.25) is 0 Å².